The number of nitrogens with one attached hydrogen (secondary N) is 1. The van der Waals surface area contributed by atoms with Crippen LogP contribution in [0, 0.1) is 0 Å². The zero-order valence-electron chi connectivity index (χ0n) is 14.1. The van der Waals surface area contributed by atoms with Crippen LogP contribution in [0.25, 0.3) is 11.7 Å². The van der Waals surface area contributed by atoms with Gasteiger partial charge in [0.05, 0.1) is 11.2 Å². The Labute approximate surface area is 174 Å². The largest absolute Gasteiger partial charge is 0.459 e. The molecule has 142 valence electrons. The summed E-state index contributed by atoms with van der Waals surface area (Å²) < 4.78 is 38.1. The van der Waals surface area contributed by atoms with Crippen LogP contribution in [0.3, 0.4) is 0 Å². The van der Waals surface area contributed by atoms with Crippen molar-refractivity contribution in [2.24, 2.45) is 0 Å². The van der Waals surface area contributed by atoms with Gasteiger partial charge in [0.25, 0.3) is 5.89 Å². The molecule has 0 aliphatic heterocycles. The second-order valence-electron chi connectivity index (χ2n) is 5.72. The zero-order chi connectivity index (χ0) is 19.7. The molecule has 0 spiro atoms. The van der Waals surface area contributed by atoms with Gasteiger partial charge in [-0.05, 0) is 60.7 Å². The highest BCUT2D eigenvalue weighted by Gasteiger charge is 2.29. The van der Waals surface area contributed by atoms with Crippen LogP contribution in [0.15, 0.2) is 90.2 Å². The zero-order valence-corrected chi connectivity index (χ0v) is 17.3. The fourth-order valence-corrected chi connectivity index (χ4v) is 4.11. The van der Waals surface area contributed by atoms with Crippen molar-refractivity contribution in [1.82, 2.24) is 4.98 Å². The molecule has 0 bridgehead atoms. The van der Waals surface area contributed by atoms with E-state index in [1.165, 1.54) is 18.4 Å². The second kappa shape index (κ2) is 7.46. The molecular formula is C19H12BrClN2O4S. The van der Waals surface area contributed by atoms with Gasteiger partial charge < -0.3 is 14.2 Å². The lowest BCUT2D eigenvalue weighted by atomic mass is 10.3. The fraction of sp³-hybridized carbons (Fsp3) is 0. The summed E-state index contributed by atoms with van der Waals surface area (Å²) in [4.78, 5) is 4.28. The third-order valence-electron chi connectivity index (χ3n) is 3.81. The minimum Gasteiger partial charge on any atom is -0.459 e. The predicted molar refractivity (Wildman–Crippen MR) is 109 cm³/mol. The summed E-state index contributed by atoms with van der Waals surface area (Å²) >= 11 is 9.21. The molecule has 0 saturated heterocycles. The van der Waals surface area contributed by atoms with Gasteiger partial charge in [0, 0.05) is 15.2 Å². The maximum absolute atomic E-state index is 13.2. The van der Waals surface area contributed by atoms with Crippen LogP contribution in [0.2, 0.25) is 5.02 Å². The number of aromatic nitrogens is 1. The van der Waals surface area contributed by atoms with Gasteiger partial charge in [-0.3, -0.25) is 0 Å². The SMILES string of the molecule is O=S(=O)(c1ccc(Br)cc1)c1nc(-c2ccco2)oc1Nc1ccc(Cl)cc1. The maximum atomic E-state index is 13.2. The molecule has 4 aromatic rings. The maximum Gasteiger partial charge on any atom is 0.266 e. The molecule has 0 saturated carbocycles. The topological polar surface area (TPSA) is 85.3 Å². The highest BCUT2D eigenvalue weighted by atomic mass is 79.9. The van der Waals surface area contributed by atoms with Gasteiger partial charge in [-0.25, -0.2) is 8.42 Å². The normalized spacial score (nSPS) is 11.5. The standard InChI is InChI=1S/C19H12BrClN2O4S/c20-12-3-9-15(10-4-12)28(24,25)19-18(22-14-7-5-13(21)6-8-14)27-17(23-19)16-2-1-11-26-16/h1-11,22H. The quantitative estimate of drug-likeness (QED) is 0.382. The number of nitrogens with zero attached hydrogens (tertiary/aromatic N) is 1. The number of rotatable bonds is 5. The van der Waals surface area contributed by atoms with Gasteiger partial charge in [-0.2, -0.15) is 4.98 Å². The van der Waals surface area contributed by atoms with Gasteiger partial charge in [0.2, 0.25) is 20.7 Å². The monoisotopic (exact) mass is 478 g/mol. The van der Waals surface area contributed by atoms with Crippen LogP contribution in [-0.2, 0) is 9.84 Å². The lowest BCUT2D eigenvalue weighted by Crippen LogP contribution is -2.05. The van der Waals surface area contributed by atoms with Crippen LogP contribution in [0.4, 0.5) is 11.6 Å². The number of furan rings is 1. The number of sulfone groups is 1. The van der Waals surface area contributed by atoms with E-state index in [9.17, 15) is 8.42 Å². The van der Waals surface area contributed by atoms with E-state index in [2.05, 4.69) is 26.2 Å². The summed E-state index contributed by atoms with van der Waals surface area (Å²) in [6.07, 6.45) is 1.45. The molecule has 2 aromatic carbocycles. The van der Waals surface area contributed by atoms with Gasteiger partial charge >= 0.3 is 0 Å². The molecule has 6 nitrogen and oxygen atoms in total. The number of oxazole rings is 1. The Hall–Kier alpha value is -2.55. The molecule has 0 radical (unpaired) electrons. The molecule has 9 heteroatoms. The second-order valence-corrected chi connectivity index (χ2v) is 8.94. The van der Waals surface area contributed by atoms with E-state index in [-0.39, 0.29) is 21.7 Å². The van der Waals surface area contributed by atoms with E-state index in [4.69, 9.17) is 20.4 Å². The predicted octanol–water partition coefficient (Wildman–Crippen LogP) is 5.93. The minimum atomic E-state index is -3.94. The highest BCUT2D eigenvalue weighted by molar-refractivity contribution is 9.10. The summed E-state index contributed by atoms with van der Waals surface area (Å²) in [6.45, 7) is 0. The van der Waals surface area contributed by atoms with E-state index in [1.807, 2.05) is 0 Å². The molecule has 2 heterocycles. The highest BCUT2D eigenvalue weighted by Crippen LogP contribution is 2.34. The van der Waals surface area contributed by atoms with Crippen molar-refractivity contribution < 1.29 is 17.3 Å². The average molecular weight is 480 g/mol. The van der Waals surface area contributed by atoms with Crippen LogP contribution in [-0.4, -0.2) is 13.4 Å². The van der Waals surface area contributed by atoms with E-state index < -0.39 is 9.84 Å². The number of benzene rings is 2. The van der Waals surface area contributed by atoms with Crippen molar-refractivity contribution in [2.45, 2.75) is 9.92 Å². The molecule has 2 aromatic heterocycles. The van der Waals surface area contributed by atoms with Crippen LogP contribution in [0.1, 0.15) is 0 Å². The van der Waals surface area contributed by atoms with Gasteiger partial charge in [-0.1, -0.05) is 27.5 Å². The first-order valence-corrected chi connectivity index (χ1v) is 10.7. The van der Waals surface area contributed by atoms with Gasteiger partial charge in [0.15, 0.2) is 5.76 Å². The molecule has 0 aliphatic rings. The first kappa shape index (κ1) is 18.8. The summed E-state index contributed by atoms with van der Waals surface area (Å²) in [5.74, 6) is 0.352. The lowest BCUT2D eigenvalue weighted by Gasteiger charge is -2.06. The summed E-state index contributed by atoms with van der Waals surface area (Å²) in [5, 5.41) is 3.27. The first-order valence-electron chi connectivity index (χ1n) is 8.01. The average Bonchev–Trinajstić information content (AvgIpc) is 3.34. The molecule has 0 amide bonds. The number of anilines is 2. The Bertz CT molecular complexity index is 1200. The molecule has 28 heavy (non-hydrogen) atoms. The number of halogens is 2. The van der Waals surface area contributed by atoms with Crippen molar-refractivity contribution in [2.75, 3.05) is 5.32 Å². The molecule has 1 N–H and O–H groups in total. The Morgan fingerprint density at radius 2 is 1.71 bits per heavy atom. The molecule has 0 fully saturated rings. The Morgan fingerprint density at radius 1 is 1.00 bits per heavy atom. The van der Waals surface area contributed by atoms with Crippen molar-refractivity contribution in [1.29, 1.82) is 0 Å². The third kappa shape index (κ3) is 3.71. The van der Waals surface area contributed by atoms with Crippen LogP contribution >= 0.6 is 27.5 Å². The van der Waals surface area contributed by atoms with Crippen LogP contribution in [0.5, 0.6) is 0 Å². The minimum absolute atomic E-state index is 0.0170. The summed E-state index contributed by atoms with van der Waals surface area (Å²) in [7, 11) is -3.94. The molecule has 0 unspecified atom stereocenters. The Balaban J connectivity index is 1.82. The van der Waals surface area contributed by atoms with E-state index in [0.29, 0.717) is 16.5 Å². The van der Waals surface area contributed by atoms with Crippen molar-refractivity contribution in [3.63, 3.8) is 0 Å². The summed E-state index contributed by atoms with van der Waals surface area (Å²) in [5.41, 5.74) is 0.596. The molecule has 4 rings (SSSR count). The van der Waals surface area contributed by atoms with Gasteiger partial charge in [-0.15, -0.1) is 0 Å². The Morgan fingerprint density at radius 3 is 2.36 bits per heavy atom. The van der Waals surface area contributed by atoms with Crippen molar-refractivity contribution in [3.05, 3.63) is 76.4 Å². The molecular weight excluding hydrogens is 468 g/mol. The van der Waals surface area contributed by atoms with E-state index in [0.717, 1.165) is 4.47 Å². The first-order chi connectivity index (χ1) is 13.4. The summed E-state index contributed by atoms with van der Waals surface area (Å²) in [6, 6.07) is 16.3. The number of hydrogen-bond donors (Lipinski definition) is 1. The smallest absolute Gasteiger partial charge is 0.266 e. The molecule has 0 atom stereocenters. The molecule has 0 aliphatic carbocycles. The third-order valence-corrected chi connectivity index (χ3v) is 6.27. The van der Waals surface area contributed by atoms with Crippen LogP contribution < -0.4 is 5.32 Å². The number of hydrogen-bond acceptors (Lipinski definition) is 6. The Kier molecular flexibility index (Phi) is 5.01. The van der Waals surface area contributed by atoms with Crippen molar-refractivity contribution in [3.8, 4) is 11.7 Å². The van der Waals surface area contributed by atoms with Crippen molar-refractivity contribution >= 4 is 48.9 Å². The van der Waals surface area contributed by atoms with E-state index in [1.54, 1.807) is 48.5 Å². The lowest BCUT2D eigenvalue weighted by molar-refractivity contribution is 0.524. The van der Waals surface area contributed by atoms with E-state index >= 15 is 0 Å². The van der Waals surface area contributed by atoms with Gasteiger partial charge in [0.1, 0.15) is 0 Å². The fourth-order valence-electron chi connectivity index (χ4n) is 2.46.